The molecule has 156 valence electrons. The number of hydrogen-bond donors (Lipinski definition) is 1. The molecule has 0 aromatic heterocycles. The summed E-state index contributed by atoms with van der Waals surface area (Å²) in [6.07, 6.45) is 0.476. The fourth-order valence-corrected chi connectivity index (χ4v) is 4.02. The lowest BCUT2D eigenvalue weighted by molar-refractivity contribution is -0.139. The van der Waals surface area contributed by atoms with Gasteiger partial charge in [-0.15, -0.1) is 11.8 Å². The summed E-state index contributed by atoms with van der Waals surface area (Å²) in [4.78, 5) is 26.8. The number of carbonyl (C=O) groups excluding carboxylic acids is 2. The van der Waals surface area contributed by atoms with E-state index >= 15 is 0 Å². The van der Waals surface area contributed by atoms with Crippen molar-refractivity contribution < 1.29 is 14.0 Å². The van der Waals surface area contributed by atoms with Crippen LogP contribution in [0.3, 0.4) is 0 Å². The van der Waals surface area contributed by atoms with E-state index in [0.29, 0.717) is 22.2 Å². The highest BCUT2D eigenvalue weighted by atomic mass is 35.5. The topological polar surface area (TPSA) is 49.4 Å². The highest BCUT2D eigenvalue weighted by Crippen LogP contribution is 2.25. The van der Waals surface area contributed by atoms with Gasteiger partial charge in [-0.3, -0.25) is 9.59 Å². The van der Waals surface area contributed by atoms with Crippen LogP contribution < -0.4 is 5.32 Å². The Hall–Kier alpha value is -1.76. The molecule has 0 aliphatic heterocycles. The number of likely N-dealkylation sites (N-methyl/N-ethyl adjacent to an activating group) is 1. The highest BCUT2D eigenvalue weighted by molar-refractivity contribution is 7.99. The fraction of sp³-hybridized carbons (Fsp3) is 0.333. The number of halogens is 3. The van der Waals surface area contributed by atoms with Gasteiger partial charge in [0.25, 0.3) is 0 Å². The molecule has 1 N–H and O–H groups in total. The van der Waals surface area contributed by atoms with Crippen LogP contribution in [0.25, 0.3) is 0 Å². The van der Waals surface area contributed by atoms with Crippen LogP contribution in [-0.2, 0) is 21.9 Å². The lowest BCUT2D eigenvalue weighted by atomic mass is 10.1. The average molecular weight is 457 g/mol. The van der Waals surface area contributed by atoms with E-state index in [1.165, 1.54) is 23.9 Å². The van der Waals surface area contributed by atoms with Crippen molar-refractivity contribution in [2.75, 3.05) is 12.8 Å². The quantitative estimate of drug-likeness (QED) is 0.582. The molecule has 0 bridgehead atoms. The van der Waals surface area contributed by atoms with Crippen LogP contribution >= 0.6 is 35.0 Å². The van der Waals surface area contributed by atoms with E-state index in [0.717, 1.165) is 11.1 Å². The van der Waals surface area contributed by atoms with Gasteiger partial charge in [0.2, 0.25) is 11.8 Å². The van der Waals surface area contributed by atoms with Gasteiger partial charge in [-0.25, -0.2) is 4.39 Å². The van der Waals surface area contributed by atoms with Gasteiger partial charge in [-0.05, 0) is 41.8 Å². The van der Waals surface area contributed by atoms with Crippen molar-refractivity contribution in [2.45, 2.75) is 31.7 Å². The summed E-state index contributed by atoms with van der Waals surface area (Å²) in [6.45, 7) is 2.09. The Morgan fingerprint density at radius 1 is 1.10 bits per heavy atom. The van der Waals surface area contributed by atoms with Crippen molar-refractivity contribution in [3.63, 3.8) is 0 Å². The zero-order valence-corrected chi connectivity index (χ0v) is 18.6. The number of thioether (sulfide) groups is 1. The molecule has 0 unspecified atom stereocenters. The molecule has 29 heavy (non-hydrogen) atoms. The maximum absolute atomic E-state index is 13.2. The van der Waals surface area contributed by atoms with Gasteiger partial charge in [-0.2, -0.15) is 0 Å². The molecule has 8 heteroatoms. The minimum atomic E-state index is -0.594. The Labute approximate surface area is 184 Å². The molecule has 0 aliphatic carbocycles. The minimum absolute atomic E-state index is 0.158. The molecule has 1 atom stereocenters. The number of benzene rings is 2. The van der Waals surface area contributed by atoms with Crippen molar-refractivity contribution in [2.24, 2.45) is 0 Å². The molecule has 0 radical (unpaired) electrons. The van der Waals surface area contributed by atoms with Crippen LogP contribution in [0.15, 0.2) is 42.5 Å². The standard InChI is InChI=1S/C21H23Cl2FN2O2S/c1-3-19(21(28)25-2)26(11-14-4-7-16(24)8-5-14)20(27)13-29-12-15-6-9-17(22)18(23)10-15/h4-10,19H,3,11-13H2,1-2H3,(H,25,28)/t19-/m0/s1. The zero-order valence-electron chi connectivity index (χ0n) is 16.3. The SMILES string of the molecule is CC[C@@H](C(=O)NC)N(Cc1ccc(F)cc1)C(=O)CSCc1ccc(Cl)c(Cl)c1. The van der Waals surface area contributed by atoms with E-state index in [-0.39, 0.29) is 29.9 Å². The van der Waals surface area contributed by atoms with Crippen molar-refractivity contribution in [3.05, 3.63) is 69.5 Å². The first-order valence-corrected chi connectivity index (χ1v) is 11.0. The summed E-state index contributed by atoms with van der Waals surface area (Å²) in [7, 11) is 1.55. The molecule has 0 spiro atoms. The van der Waals surface area contributed by atoms with Crippen LogP contribution in [0.2, 0.25) is 10.0 Å². The normalized spacial score (nSPS) is 11.8. The van der Waals surface area contributed by atoms with Gasteiger partial charge in [0.05, 0.1) is 15.8 Å². The average Bonchev–Trinajstić information content (AvgIpc) is 2.71. The smallest absolute Gasteiger partial charge is 0.242 e. The number of nitrogens with one attached hydrogen (secondary N) is 1. The molecule has 0 saturated carbocycles. The first kappa shape index (κ1) is 23.5. The number of nitrogens with zero attached hydrogens (tertiary/aromatic N) is 1. The predicted octanol–water partition coefficient (Wildman–Crippen LogP) is 4.92. The molecular weight excluding hydrogens is 434 g/mol. The third-order valence-electron chi connectivity index (χ3n) is 4.38. The maximum atomic E-state index is 13.2. The van der Waals surface area contributed by atoms with E-state index in [4.69, 9.17) is 23.2 Å². The maximum Gasteiger partial charge on any atom is 0.242 e. The predicted molar refractivity (Wildman–Crippen MR) is 118 cm³/mol. The van der Waals surface area contributed by atoms with E-state index < -0.39 is 6.04 Å². The second kappa shape index (κ2) is 11.4. The molecule has 4 nitrogen and oxygen atoms in total. The Bertz CT molecular complexity index is 849. The van der Waals surface area contributed by atoms with Crippen LogP contribution in [0.4, 0.5) is 4.39 Å². The van der Waals surface area contributed by atoms with Crippen molar-refractivity contribution in [1.29, 1.82) is 0 Å². The molecule has 2 aromatic carbocycles. The number of rotatable bonds is 9. The Morgan fingerprint density at radius 2 is 1.76 bits per heavy atom. The first-order chi connectivity index (χ1) is 13.8. The monoisotopic (exact) mass is 456 g/mol. The zero-order chi connectivity index (χ0) is 21.4. The molecule has 0 aliphatic rings. The van der Waals surface area contributed by atoms with Gasteiger partial charge in [-0.1, -0.05) is 48.3 Å². The summed E-state index contributed by atoms with van der Waals surface area (Å²) in [5.41, 5.74) is 1.72. The molecular formula is C21H23Cl2FN2O2S. The van der Waals surface area contributed by atoms with Gasteiger partial charge in [0.1, 0.15) is 11.9 Å². The van der Waals surface area contributed by atoms with Gasteiger partial charge < -0.3 is 10.2 Å². The van der Waals surface area contributed by atoms with E-state index in [9.17, 15) is 14.0 Å². The minimum Gasteiger partial charge on any atom is -0.357 e. The second-order valence-electron chi connectivity index (χ2n) is 6.43. The molecule has 2 rings (SSSR count). The largest absolute Gasteiger partial charge is 0.357 e. The van der Waals surface area contributed by atoms with E-state index in [1.807, 2.05) is 13.0 Å². The number of carbonyl (C=O) groups is 2. The van der Waals surface area contributed by atoms with Crippen LogP contribution in [-0.4, -0.2) is 35.6 Å². The molecule has 0 saturated heterocycles. The summed E-state index contributed by atoms with van der Waals surface area (Å²) in [6, 6.07) is 10.7. The molecule has 2 amide bonds. The lowest BCUT2D eigenvalue weighted by Gasteiger charge is -2.30. The fourth-order valence-electron chi connectivity index (χ4n) is 2.84. The van der Waals surface area contributed by atoms with Gasteiger partial charge >= 0.3 is 0 Å². The summed E-state index contributed by atoms with van der Waals surface area (Å²) in [5, 5.41) is 3.57. The third kappa shape index (κ3) is 6.91. The van der Waals surface area contributed by atoms with Gasteiger partial charge in [0, 0.05) is 19.3 Å². The lowest BCUT2D eigenvalue weighted by Crippen LogP contribution is -2.48. The number of hydrogen-bond acceptors (Lipinski definition) is 3. The van der Waals surface area contributed by atoms with Crippen LogP contribution in [0, 0.1) is 5.82 Å². The van der Waals surface area contributed by atoms with Crippen molar-refractivity contribution in [1.82, 2.24) is 10.2 Å². The van der Waals surface area contributed by atoms with Crippen molar-refractivity contribution >= 4 is 46.8 Å². The van der Waals surface area contributed by atoms with Crippen molar-refractivity contribution in [3.8, 4) is 0 Å². The molecule has 2 aromatic rings. The molecule has 0 fully saturated rings. The third-order valence-corrected chi connectivity index (χ3v) is 6.10. The second-order valence-corrected chi connectivity index (χ2v) is 8.23. The molecule has 0 heterocycles. The summed E-state index contributed by atoms with van der Waals surface area (Å²) < 4.78 is 13.2. The summed E-state index contributed by atoms with van der Waals surface area (Å²) in [5.74, 6) is 0.0630. The van der Waals surface area contributed by atoms with Gasteiger partial charge in [0.15, 0.2) is 0 Å². The van der Waals surface area contributed by atoms with Crippen LogP contribution in [0.5, 0.6) is 0 Å². The summed E-state index contributed by atoms with van der Waals surface area (Å²) >= 11 is 13.4. The van der Waals surface area contributed by atoms with E-state index in [2.05, 4.69) is 5.32 Å². The Kier molecular flexibility index (Phi) is 9.27. The van der Waals surface area contributed by atoms with Crippen LogP contribution in [0.1, 0.15) is 24.5 Å². The van der Waals surface area contributed by atoms with E-state index in [1.54, 1.807) is 36.2 Å². The Balaban J connectivity index is 2.08. The first-order valence-electron chi connectivity index (χ1n) is 9.12. The number of amides is 2. The Morgan fingerprint density at radius 3 is 2.34 bits per heavy atom. The highest BCUT2D eigenvalue weighted by Gasteiger charge is 2.27.